The van der Waals surface area contributed by atoms with Gasteiger partial charge in [0, 0.05) is 30.6 Å². The average Bonchev–Trinajstić information content (AvgIpc) is 2.67. The van der Waals surface area contributed by atoms with Crippen molar-refractivity contribution in [3.05, 3.63) is 22.4 Å². The summed E-state index contributed by atoms with van der Waals surface area (Å²) in [4.78, 5) is 14.0. The van der Waals surface area contributed by atoms with Crippen molar-refractivity contribution in [2.75, 3.05) is 19.6 Å². The van der Waals surface area contributed by atoms with Gasteiger partial charge in [0.05, 0.1) is 5.56 Å². The molecule has 0 bridgehead atoms. The molecule has 0 unspecified atom stereocenters. The normalized spacial score (nSPS) is 20.3. The summed E-state index contributed by atoms with van der Waals surface area (Å²) in [5, 5.41) is 7.26. The molecule has 0 aromatic carbocycles. The predicted octanol–water partition coefficient (Wildman–Crippen LogP) is 1.57. The zero-order valence-corrected chi connectivity index (χ0v) is 9.93. The number of hydrogen-bond donors (Lipinski definition) is 1. The minimum absolute atomic E-state index is 0.0317. The van der Waals surface area contributed by atoms with E-state index in [0.29, 0.717) is 0 Å². The van der Waals surface area contributed by atoms with Crippen LogP contribution in [-0.4, -0.2) is 36.0 Å². The van der Waals surface area contributed by atoms with Crippen molar-refractivity contribution < 1.29 is 4.79 Å². The lowest BCUT2D eigenvalue weighted by atomic mass is 10.0. The Kier molecular flexibility index (Phi) is 2.80. The molecule has 0 saturated carbocycles. The fraction of sp³-hybridized carbons (Fsp3) is 0.545. The monoisotopic (exact) mass is 224 g/mol. The Balaban J connectivity index is 2.08. The zero-order valence-electron chi connectivity index (χ0n) is 9.12. The molecule has 1 N–H and O–H groups in total. The van der Waals surface area contributed by atoms with E-state index in [1.807, 2.05) is 21.7 Å². The van der Waals surface area contributed by atoms with Crippen LogP contribution in [0.1, 0.15) is 24.2 Å². The van der Waals surface area contributed by atoms with Gasteiger partial charge in [-0.05, 0) is 25.3 Å². The van der Waals surface area contributed by atoms with Crippen LogP contribution >= 0.6 is 11.3 Å². The summed E-state index contributed by atoms with van der Waals surface area (Å²) in [7, 11) is 0. The minimum atomic E-state index is 0.0317. The second-order valence-electron chi connectivity index (χ2n) is 4.55. The van der Waals surface area contributed by atoms with Crippen molar-refractivity contribution in [3.63, 3.8) is 0 Å². The molecule has 0 radical (unpaired) electrons. The van der Waals surface area contributed by atoms with E-state index in [-0.39, 0.29) is 11.4 Å². The molecule has 0 aliphatic carbocycles. The quantitative estimate of drug-likeness (QED) is 0.785. The van der Waals surface area contributed by atoms with Crippen LogP contribution in [-0.2, 0) is 0 Å². The molecule has 1 fully saturated rings. The lowest BCUT2D eigenvalue weighted by molar-refractivity contribution is 0.0653. The van der Waals surface area contributed by atoms with E-state index < -0.39 is 0 Å². The van der Waals surface area contributed by atoms with Gasteiger partial charge in [0.15, 0.2) is 0 Å². The van der Waals surface area contributed by atoms with Crippen molar-refractivity contribution in [2.24, 2.45) is 0 Å². The molecule has 4 heteroatoms. The molecule has 0 atom stereocenters. The first kappa shape index (κ1) is 10.6. The van der Waals surface area contributed by atoms with Crippen LogP contribution in [0.25, 0.3) is 0 Å². The van der Waals surface area contributed by atoms with E-state index in [4.69, 9.17) is 0 Å². The molecule has 2 heterocycles. The third-order valence-electron chi connectivity index (χ3n) is 2.63. The van der Waals surface area contributed by atoms with Crippen molar-refractivity contribution in [2.45, 2.75) is 19.4 Å². The maximum absolute atomic E-state index is 12.1. The first-order chi connectivity index (χ1) is 7.08. The van der Waals surface area contributed by atoms with Crippen LogP contribution in [0.15, 0.2) is 16.8 Å². The second kappa shape index (κ2) is 3.94. The van der Waals surface area contributed by atoms with Gasteiger partial charge in [-0.15, -0.1) is 0 Å². The van der Waals surface area contributed by atoms with Gasteiger partial charge in [-0.2, -0.15) is 11.3 Å². The number of nitrogens with zero attached hydrogens (tertiary/aromatic N) is 1. The molecule has 3 nitrogen and oxygen atoms in total. The molecule has 1 aliphatic rings. The van der Waals surface area contributed by atoms with Crippen LogP contribution in [0, 0.1) is 0 Å². The molecule has 1 aromatic rings. The maximum Gasteiger partial charge on any atom is 0.254 e. The Bertz CT molecular complexity index is 345. The van der Waals surface area contributed by atoms with Gasteiger partial charge in [-0.25, -0.2) is 0 Å². The predicted molar refractivity (Wildman–Crippen MR) is 62.3 cm³/mol. The molecule has 15 heavy (non-hydrogen) atoms. The molecule has 0 spiro atoms. The van der Waals surface area contributed by atoms with Crippen molar-refractivity contribution in [3.8, 4) is 0 Å². The topological polar surface area (TPSA) is 32.3 Å². The number of thiophene rings is 1. The Morgan fingerprint density at radius 1 is 1.60 bits per heavy atom. The lowest BCUT2D eigenvalue weighted by Gasteiger charge is -2.39. The highest BCUT2D eigenvalue weighted by Gasteiger charge is 2.28. The van der Waals surface area contributed by atoms with Gasteiger partial charge in [-0.1, -0.05) is 0 Å². The standard InChI is InChI=1S/C11H16N2OS/c1-11(2)8-13(5-4-12-11)10(14)9-3-6-15-7-9/h3,6-7,12H,4-5,8H2,1-2H3. The molecule has 1 aromatic heterocycles. The van der Waals surface area contributed by atoms with Gasteiger partial charge in [-0.3, -0.25) is 4.79 Å². The van der Waals surface area contributed by atoms with Gasteiger partial charge in [0.25, 0.3) is 5.91 Å². The van der Waals surface area contributed by atoms with Crippen LogP contribution in [0.2, 0.25) is 0 Å². The first-order valence-electron chi connectivity index (χ1n) is 5.15. The number of piperazine rings is 1. The third-order valence-corrected chi connectivity index (χ3v) is 3.31. The molecule has 82 valence electrons. The smallest absolute Gasteiger partial charge is 0.254 e. The second-order valence-corrected chi connectivity index (χ2v) is 5.33. The highest BCUT2D eigenvalue weighted by Crippen LogP contribution is 2.15. The molecule has 1 saturated heterocycles. The highest BCUT2D eigenvalue weighted by molar-refractivity contribution is 7.08. The lowest BCUT2D eigenvalue weighted by Crippen LogP contribution is -2.58. The molecule has 1 amide bonds. The fourth-order valence-corrected chi connectivity index (χ4v) is 2.51. The Hall–Kier alpha value is -0.870. The van der Waals surface area contributed by atoms with Gasteiger partial charge < -0.3 is 10.2 Å². The zero-order chi connectivity index (χ0) is 10.9. The van der Waals surface area contributed by atoms with E-state index in [0.717, 1.165) is 25.2 Å². The van der Waals surface area contributed by atoms with E-state index in [1.165, 1.54) is 0 Å². The van der Waals surface area contributed by atoms with Crippen molar-refractivity contribution in [1.82, 2.24) is 10.2 Å². The number of rotatable bonds is 1. The van der Waals surface area contributed by atoms with Gasteiger partial charge in [0.2, 0.25) is 0 Å². The number of nitrogens with one attached hydrogen (secondary N) is 1. The number of carbonyl (C=O) groups is 1. The van der Waals surface area contributed by atoms with Crippen LogP contribution in [0.4, 0.5) is 0 Å². The van der Waals surface area contributed by atoms with Gasteiger partial charge in [0.1, 0.15) is 0 Å². The van der Waals surface area contributed by atoms with E-state index in [1.54, 1.807) is 11.3 Å². The van der Waals surface area contributed by atoms with Crippen LogP contribution < -0.4 is 5.32 Å². The van der Waals surface area contributed by atoms with Crippen molar-refractivity contribution in [1.29, 1.82) is 0 Å². The molecular weight excluding hydrogens is 208 g/mol. The summed E-state index contributed by atoms with van der Waals surface area (Å²) in [5.41, 5.74) is 0.849. The maximum atomic E-state index is 12.1. The summed E-state index contributed by atoms with van der Waals surface area (Å²) in [6, 6.07) is 1.89. The number of amides is 1. The Morgan fingerprint density at radius 3 is 3.00 bits per heavy atom. The molecule has 2 rings (SSSR count). The summed E-state index contributed by atoms with van der Waals surface area (Å²) in [6.07, 6.45) is 0. The summed E-state index contributed by atoms with van der Waals surface area (Å²) in [5.74, 6) is 0.158. The van der Waals surface area contributed by atoms with Gasteiger partial charge >= 0.3 is 0 Å². The average molecular weight is 224 g/mol. The highest BCUT2D eigenvalue weighted by atomic mass is 32.1. The van der Waals surface area contributed by atoms with Crippen LogP contribution in [0.5, 0.6) is 0 Å². The fourth-order valence-electron chi connectivity index (χ4n) is 1.88. The summed E-state index contributed by atoms with van der Waals surface area (Å²) in [6.45, 7) is 6.71. The minimum Gasteiger partial charge on any atom is -0.336 e. The van der Waals surface area contributed by atoms with Crippen molar-refractivity contribution >= 4 is 17.2 Å². The summed E-state index contributed by atoms with van der Waals surface area (Å²) < 4.78 is 0. The Morgan fingerprint density at radius 2 is 2.40 bits per heavy atom. The Labute approximate surface area is 94.1 Å². The van der Waals surface area contributed by atoms with E-state index in [9.17, 15) is 4.79 Å². The molecular formula is C11H16N2OS. The molecule has 1 aliphatic heterocycles. The summed E-state index contributed by atoms with van der Waals surface area (Å²) >= 11 is 1.57. The van der Waals surface area contributed by atoms with E-state index >= 15 is 0 Å². The number of carbonyl (C=O) groups excluding carboxylic acids is 1. The van der Waals surface area contributed by atoms with E-state index in [2.05, 4.69) is 19.2 Å². The largest absolute Gasteiger partial charge is 0.336 e. The third kappa shape index (κ3) is 2.38. The number of hydrogen-bond acceptors (Lipinski definition) is 3. The SMILES string of the molecule is CC1(C)CN(C(=O)c2ccsc2)CCN1. The first-order valence-corrected chi connectivity index (χ1v) is 6.09. The van der Waals surface area contributed by atoms with Crippen LogP contribution in [0.3, 0.4) is 0 Å².